The molecule has 1 aliphatic rings. The van der Waals surface area contributed by atoms with Gasteiger partial charge in [0, 0.05) is 12.7 Å². The maximum absolute atomic E-state index is 5.86. The van der Waals surface area contributed by atoms with Gasteiger partial charge in [0.2, 0.25) is 0 Å². The van der Waals surface area contributed by atoms with Crippen molar-refractivity contribution >= 4 is 0 Å². The van der Waals surface area contributed by atoms with E-state index in [1.54, 1.807) is 14.2 Å². The van der Waals surface area contributed by atoms with Gasteiger partial charge in [-0.15, -0.1) is 0 Å². The molecule has 0 spiro atoms. The van der Waals surface area contributed by atoms with Crippen LogP contribution in [0.1, 0.15) is 42.1 Å². The summed E-state index contributed by atoms with van der Waals surface area (Å²) < 4.78 is 11.6. The Kier molecular flexibility index (Phi) is 7.39. The second-order valence-electron chi connectivity index (χ2n) is 8.34. The Morgan fingerprint density at radius 2 is 1.61 bits per heavy atom. The molecule has 31 heavy (non-hydrogen) atoms. The summed E-state index contributed by atoms with van der Waals surface area (Å²) in [5, 5.41) is 0. The Hall–Kier alpha value is -2.62. The average Bonchev–Trinajstić information content (AvgIpc) is 3.34. The van der Waals surface area contributed by atoms with E-state index >= 15 is 0 Å². The number of nitrogens with zero attached hydrogens (tertiary/aromatic N) is 1. The predicted octanol–water partition coefficient (Wildman–Crippen LogP) is 6.13. The van der Waals surface area contributed by atoms with Crippen molar-refractivity contribution in [1.82, 2.24) is 4.90 Å². The molecule has 162 valence electrons. The van der Waals surface area contributed by atoms with Crippen molar-refractivity contribution in [3.8, 4) is 16.9 Å². The molecule has 1 atom stereocenters. The molecule has 0 radical (unpaired) electrons. The molecule has 1 unspecified atom stereocenters. The quantitative estimate of drug-likeness (QED) is 0.420. The van der Waals surface area contributed by atoms with Gasteiger partial charge in [0.05, 0.1) is 7.11 Å². The second-order valence-corrected chi connectivity index (χ2v) is 8.34. The molecule has 1 heterocycles. The molecule has 4 rings (SSSR count). The zero-order chi connectivity index (χ0) is 21.5. The van der Waals surface area contributed by atoms with Crippen molar-refractivity contribution in [1.29, 1.82) is 0 Å². The smallest absolute Gasteiger partial charge is 0.126 e. The van der Waals surface area contributed by atoms with Gasteiger partial charge in [-0.3, -0.25) is 0 Å². The van der Waals surface area contributed by atoms with Gasteiger partial charge in [-0.05, 0) is 85.8 Å². The van der Waals surface area contributed by atoms with Gasteiger partial charge in [0.1, 0.15) is 11.9 Å². The van der Waals surface area contributed by atoms with Gasteiger partial charge < -0.3 is 14.4 Å². The molecule has 0 aromatic heterocycles. The predicted molar refractivity (Wildman–Crippen MR) is 128 cm³/mol. The van der Waals surface area contributed by atoms with Crippen molar-refractivity contribution in [3.63, 3.8) is 0 Å². The first kappa shape index (κ1) is 21.6. The van der Waals surface area contributed by atoms with Crippen LogP contribution in [0.15, 0.2) is 72.8 Å². The van der Waals surface area contributed by atoms with E-state index in [0.29, 0.717) is 0 Å². The first-order chi connectivity index (χ1) is 15.3. The topological polar surface area (TPSA) is 21.7 Å². The number of aryl methyl sites for hydroxylation is 1. The highest BCUT2D eigenvalue weighted by atomic mass is 16.5. The minimum Gasteiger partial charge on any atom is -0.496 e. The number of hydrogen-bond donors (Lipinski definition) is 0. The summed E-state index contributed by atoms with van der Waals surface area (Å²) in [6.07, 6.45) is 4.92. The first-order valence-corrected chi connectivity index (χ1v) is 11.4. The van der Waals surface area contributed by atoms with Crippen LogP contribution < -0.4 is 4.74 Å². The summed E-state index contributed by atoms with van der Waals surface area (Å²) in [7, 11) is 3.52. The third kappa shape index (κ3) is 5.36. The van der Waals surface area contributed by atoms with Crippen molar-refractivity contribution in [2.75, 3.05) is 33.9 Å². The van der Waals surface area contributed by atoms with Crippen LogP contribution in [0.3, 0.4) is 0 Å². The molecule has 0 amide bonds. The highest BCUT2D eigenvalue weighted by molar-refractivity contribution is 5.72. The maximum Gasteiger partial charge on any atom is 0.126 e. The van der Waals surface area contributed by atoms with Crippen molar-refractivity contribution in [2.24, 2.45) is 0 Å². The number of hydrogen-bond acceptors (Lipinski definition) is 3. The molecule has 3 aromatic carbocycles. The second kappa shape index (κ2) is 10.6. The summed E-state index contributed by atoms with van der Waals surface area (Å²) in [5.74, 6) is 0.911. The third-order valence-electron chi connectivity index (χ3n) is 6.24. The molecule has 0 saturated carbocycles. The maximum atomic E-state index is 5.86. The van der Waals surface area contributed by atoms with Crippen molar-refractivity contribution in [2.45, 2.75) is 31.8 Å². The molecular weight excluding hydrogens is 382 g/mol. The molecule has 3 nitrogen and oxygen atoms in total. The van der Waals surface area contributed by atoms with Crippen LogP contribution in [-0.4, -0.2) is 38.8 Å². The fraction of sp³-hybridized carbons (Fsp3) is 0.357. The number of rotatable bonds is 9. The van der Waals surface area contributed by atoms with Crippen LogP contribution in [0.25, 0.3) is 11.1 Å². The van der Waals surface area contributed by atoms with E-state index in [9.17, 15) is 0 Å². The van der Waals surface area contributed by atoms with E-state index in [4.69, 9.17) is 9.47 Å². The zero-order valence-corrected chi connectivity index (χ0v) is 18.7. The van der Waals surface area contributed by atoms with Gasteiger partial charge in [0.15, 0.2) is 0 Å². The Balaban J connectivity index is 1.56. The first-order valence-electron chi connectivity index (χ1n) is 11.4. The summed E-state index contributed by atoms with van der Waals surface area (Å²) in [5.41, 5.74) is 5.98. The SMILES string of the molecule is COc1ccc(CCCN2CCCC2)cc1-c1cccc(C(OC)c2ccccc2)c1. The number of benzene rings is 3. The van der Waals surface area contributed by atoms with E-state index in [1.165, 1.54) is 44.5 Å². The van der Waals surface area contributed by atoms with Crippen LogP contribution in [0, 0.1) is 0 Å². The average molecular weight is 416 g/mol. The molecule has 3 heteroatoms. The highest BCUT2D eigenvalue weighted by Gasteiger charge is 2.15. The summed E-state index contributed by atoms with van der Waals surface area (Å²) in [6.45, 7) is 3.73. The molecule has 3 aromatic rings. The van der Waals surface area contributed by atoms with E-state index in [-0.39, 0.29) is 6.10 Å². The Bertz CT molecular complexity index is 964. The van der Waals surface area contributed by atoms with Crippen LogP contribution in [-0.2, 0) is 11.2 Å². The highest BCUT2D eigenvalue weighted by Crippen LogP contribution is 2.34. The minimum absolute atomic E-state index is 0.0872. The number of methoxy groups -OCH3 is 2. The molecular formula is C28H33NO2. The molecule has 0 aliphatic carbocycles. The van der Waals surface area contributed by atoms with Gasteiger partial charge in [-0.25, -0.2) is 0 Å². The minimum atomic E-state index is -0.0872. The lowest BCUT2D eigenvalue weighted by atomic mass is 9.95. The Morgan fingerprint density at radius 3 is 2.35 bits per heavy atom. The standard InChI is InChI=1S/C28H33NO2/c1-30-27-16-15-22(10-9-19-29-17-6-7-18-29)20-26(27)24-13-8-14-25(21-24)28(31-2)23-11-4-3-5-12-23/h3-5,8,11-16,20-21,28H,6-7,9-10,17-19H2,1-2H3. The Morgan fingerprint density at radius 1 is 0.839 bits per heavy atom. The summed E-state index contributed by atoms with van der Waals surface area (Å²) in [4.78, 5) is 2.59. The van der Waals surface area contributed by atoms with Gasteiger partial charge in [-0.2, -0.15) is 0 Å². The molecule has 0 N–H and O–H groups in total. The lowest BCUT2D eigenvalue weighted by Gasteiger charge is -2.18. The fourth-order valence-corrected chi connectivity index (χ4v) is 4.61. The van der Waals surface area contributed by atoms with Crippen LogP contribution in [0.5, 0.6) is 5.75 Å². The fourth-order valence-electron chi connectivity index (χ4n) is 4.61. The normalized spacial score (nSPS) is 15.2. The van der Waals surface area contributed by atoms with E-state index in [0.717, 1.165) is 34.4 Å². The third-order valence-corrected chi connectivity index (χ3v) is 6.24. The Labute approximate surface area is 186 Å². The van der Waals surface area contributed by atoms with E-state index in [2.05, 4.69) is 71.6 Å². The molecule has 1 saturated heterocycles. The van der Waals surface area contributed by atoms with Gasteiger partial charge >= 0.3 is 0 Å². The zero-order valence-electron chi connectivity index (χ0n) is 18.7. The lowest BCUT2D eigenvalue weighted by Crippen LogP contribution is -2.20. The monoisotopic (exact) mass is 415 g/mol. The number of ether oxygens (including phenoxy) is 2. The van der Waals surface area contributed by atoms with Gasteiger partial charge in [0.25, 0.3) is 0 Å². The van der Waals surface area contributed by atoms with Crippen LogP contribution >= 0.6 is 0 Å². The summed E-state index contributed by atoms with van der Waals surface area (Å²) >= 11 is 0. The molecule has 0 bridgehead atoms. The molecule has 1 fully saturated rings. The van der Waals surface area contributed by atoms with Crippen molar-refractivity contribution < 1.29 is 9.47 Å². The van der Waals surface area contributed by atoms with E-state index < -0.39 is 0 Å². The largest absolute Gasteiger partial charge is 0.496 e. The van der Waals surface area contributed by atoms with Crippen LogP contribution in [0.2, 0.25) is 0 Å². The lowest BCUT2D eigenvalue weighted by molar-refractivity contribution is 0.136. The van der Waals surface area contributed by atoms with Crippen molar-refractivity contribution in [3.05, 3.63) is 89.5 Å². The summed E-state index contributed by atoms with van der Waals surface area (Å²) in [6, 6.07) is 25.6. The van der Waals surface area contributed by atoms with Gasteiger partial charge in [-0.1, -0.05) is 54.6 Å². The van der Waals surface area contributed by atoms with E-state index in [1.807, 2.05) is 6.07 Å². The number of likely N-dealkylation sites (tertiary alicyclic amines) is 1. The molecule has 1 aliphatic heterocycles. The van der Waals surface area contributed by atoms with Crippen LogP contribution in [0.4, 0.5) is 0 Å².